The highest BCUT2D eigenvalue weighted by molar-refractivity contribution is 5.18. The summed E-state index contributed by atoms with van der Waals surface area (Å²) in [6.45, 7) is 1.54. The molecule has 0 bridgehead atoms. The number of methoxy groups -OCH3 is 1. The zero-order chi connectivity index (χ0) is 12.6. The quantitative estimate of drug-likeness (QED) is 0.783. The van der Waals surface area contributed by atoms with Crippen LogP contribution >= 0.6 is 0 Å². The van der Waals surface area contributed by atoms with Gasteiger partial charge in [0.2, 0.25) is 0 Å². The van der Waals surface area contributed by atoms with Crippen LogP contribution in [0.25, 0.3) is 0 Å². The first kappa shape index (κ1) is 12.8. The Morgan fingerprint density at radius 2 is 2.17 bits per heavy atom. The minimum atomic E-state index is 0.228. The van der Waals surface area contributed by atoms with Crippen molar-refractivity contribution in [1.29, 1.82) is 0 Å². The largest absolute Gasteiger partial charge is 0.383 e. The highest BCUT2D eigenvalue weighted by atomic mass is 16.5. The van der Waals surface area contributed by atoms with Crippen molar-refractivity contribution in [3.05, 3.63) is 54.1 Å². The first-order valence-electron chi connectivity index (χ1n) is 6.15. The van der Waals surface area contributed by atoms with Gasteiger partial charge in [-0.25, -0.2) is 4.98 Å². The van der Waals surface area contributed by atoms with Gasteiger partial charge in [0.25, 0.3) is 0 Å². The molecule has 4 heteroatoms. The maximum atomic E-state index is 5.26. The van der Waals surface area contributed by atoms with Crippen molar-refractivity contribution in [2.75, 3.05) is 20.3 Å². The molecule has 1 heterocycles. The summed E-state index contributed by atoms with van der Waals surface area (Å²) in [6, 6.07) is 10.6. The van der Waals surface area contributed by atoms with Crippen molar-refractivity contribution >= 4 is 0 Å². The Morgan fingerprint density at radius 1 is 1.33 bits per heavy atom. The summed E-state index contributed by atoms with van der Waals surface area (Å²) >= 11 is 0. The first-order valence-corrected chi connectivity index (χ1v) is 6.15. The number of aromatic nitrogens is 2. The number of imidazole rings is 1. The number of hydrogen-bond donors (Lipinski definition) is 2. The van der Waals surface area contributed by atoms with Crippen molar-refractivity contribution < 1.29 is 4.74 Å². The van der Waals surface area contributed by atoms with Gasteiger partial charge in [-0.2, -0.15) is 0 Å². The van der Waals surface area contributed by atoms with Gasteiger partial charge in [-0.05, 0) is 5.56 Å². The number of ether oxygens (including phenoxy) is 1. The monoisotopic (exact) mass is 245 g/mol. The van der Waals surface area contributed by atoms with Crippen molar-refractivity contribution in [2.24, 2.45) is 0 Å². The molecule has 0 radical (unpaired) electrons. The second kappa shape index (κ2) is 6.93. The molecule has 1 unspecified atom stereocenters. The molecule has 0 aliphatic carbocycles. The molecular weight excluding hydrogens is 226 g/mol. The fraction of sp³-hybridized carbons (Fsp3) is 0.357. The molecular formula is C14H19N3O. The molecule has 0 aliphatic heterocycles. The number of benzene rings is 1. The molecule has 0 aliphatic rings. The van der Waals surface area contributed by atoms with E-state index in [9.17, 15) is 0 Å². The Hall–Kier alpha value is -1.65. The van der Waals surface area contributed by atoms with Gasteiger partial charge >= 0.3 is 0 Å². The molecule has 0 amide bonds. The zero-order valence-corrected chi connectivity index (χ0v) is 10.6. The standard InChI is InChI=1S/C14H19N3O/c1-18-11-13(12-5-3-2-4-6-12)15-8-7-14-16-9-10-17-14/h2-6,9-10,13,15H,7-8,11H2,1H3,(H,16,17). The minimum absolute atomic E-state index is 0.228. The lowest BCUT2D eigenvalue weighted by Gasteiger charge is -2.18. The van der Waals surface area contributed by atoms with Crippen LogP contribution in [0.4, 0.5) is 0 Å². The normalized spacial score (nSPS) is 12.5. The lowest BCUT2D eigenvalue weighted by molar-refractivity contribution is 0.167. The fourth-order valence-electron chi connectivity index (χ4n) is 1.92. The summed E-state index contributed by atoms with van der Waals surface area (Å²) in [7, 11) is 1.73. The second-order valence-corrected chi connectivity index (χ2v) is 4.16. The Labute approximate surface area is 107 Å². The summed E-state index contributed by atoms with van der Waals surface area (Å²) in [6.07, 6.45) is 4.51. The Bertz CT molecular complexity index is 428. The van der Waals surface area contributed by atoms with E-state index in [0.29, 0.717) is 6.61 Å². The van der Waals surface area contributed by atoms with E-state index in [2.05, 4.69) is 27.4 Å². The van der Waals surface area contributed by atoms with Gasteiger partial charge < -0.3 is 15.0 Å². The van der Waals surface area contributed by atoms with Crippen LogP contribution in [-0.2, 0) is 11.2 Å². The number of rotatable bonds is 7. The molecule has 96 valence electrons. The molecule has 0 spiro atoms. The van der Waals surface area contributed by atoms with Crippen LogP contribution < -0.4 is 5.32 Å². The zero-order valence-electron chi connectivity index (χ0n) is 10.6. The predicted octanol–water partition coefficient (Wildman–Crippen LogP) is 1.93. The molecule has 1 aromatic carbocycles. The number of aromatic amines is 1. The number of nitrogens with one attached hydrogen (secondary N) is 2. The first-order chi connectivity index (χ1) is 8.90. The average Bonchev–Trinajstić information content (AvgIpc) is 2.92. The topological polar surface area (TPSA) is 49.9 Å². The van der Waals surface area contributed by atoms with Crippen LogP contribution in [0.15, 0.2) is 42.7 Å². The molecule has 2 N–H and O–H groups in total. The predicted molar refractivity (Wildman–Crippen MR) is 71.4 cm³/mol. The minimum Gasteiger partial charge on any atom is -0.383 e. The van der Waals surface area contributed by atoms with Gasteiger partial charge in [-0.3, -0.25) is 0 Å². The van der Waals surface area contributed by atoms with Gasteiger partial charge in [0.05, 0.1) is 12.6 Å². The molecule has 0 saturated carbocycles. The highest BCUT2D eigenvalue weighted by Gasteiger charge is 2.09. The van der Waals surface area contributed by atoms with E-state index in [1.807, 2.05) is 24.4 Å². The number of H-pyrrole nitrogens is 1. The fourth-order valence-corrected chi connectivity index (χ4v) is 1.92. The van der Waals surface area contributed by atoms with Crippen LogP contribution in [0.2, 0.25) is 0 Å². The third-order valence-corrected chi connectivity index (χ3v) is 2.84. The third-order valence-electron chi connectivity index (χ3n) is 2.84. The van der Waals surface area contributed by atoms with Gasteiger partial charge in [0, 0.05) is 32.5 Å². The van der Waals surface area contributed by atoms with Crippen LogP contribution in [0.1, 0.15) is 17.4 Å². The van der Waals surface area contributed by atoms with E-state index in [0.717, 1.165) is 18.8 Å². The molecule has 1 atom stereocenters. The highest BCUT2D eigenvalue weighted by Crippen LogP contribution is 2.12. The maximum absolute atomic E-state index is 5.26. The molecule has 18 heavy (non-hydrogen) atoms. The second-order valence-electron chi connectivity index (χ2n) is 4.16. The summed E-state index contributed by atoms with van der Waals surface area (Å²) in [5.74, 6) is 1.01. The van der Waals surface area contributed by atoms with Crippen molar-refractivity contribution in [3.8, 4) is 0 Å². The van der Waals surface area contributed by atoms with E-state index in [1.54, 1.807) is 13.3 Å². The van der Waals surface area contributed by atoms with Gasteiger partial charge in [-0.1, -0.05) is 30.3 Å². The molecule has 1 aromatic heterocycles. The molecule has 2 aromatic rings. The Morgan fingerprint density at radius 3 is 2.83 bits per heavy atom. The van der Waals surface area contributed by atoms with E-state index >= 15 is 0 Å². The summed E-state index contributed by atoms with van der Waals surface area (Å²) in [4.78, 5) is 7.31. The van der Waals surface area contributed by atoms with E-state index in [1.165, 1.54) is 5.56 Å². The van der Waals surface area contributed by atoms with Crippen LogP contribution in [-0.4, -0.2) is 30.2 Å². The summed E-state index contributed by atoms with van der Waals surface area (Å²) in [5, 5.41) is 3.49. The molecule has 0 fully saturated rings. The SMILES string of the molecule is COCC(NCCc1ncc[nH]1)c1ccccc1. The van der Waals surface area contributed by atoms with Gasteiger partial charge in [0.1, 0.15) is 5.82 Å². The molecule has 2 rings (SSSR count). The molecule has 0 saturated heterocycles. The lowest BCUT2D eigenvalue weighted by Crippen LogP contribution is -2.27. The van der Waals surface area contributed by atoms with E-state index < -0.39 is 0 Å². The smallest absolute Gasteiger partial charge is 0.107 e. The third kappa shape index (κ3) is 3.68. The summed E-state index contributed by atoms with van der Waals surface area (Å²) < 4.78 is 5.26. The number of hydrogen-bond acceptors (Lipinski definition) is 3. The van der Waals surface area contributed by atoms with E-state index in [-0.39, 0.29) is 6.04 Å². The van der Waals surface area contributed by atoms with Crippen LogP contribution in [0.3, 0.4) is 0 Å². The maximum Gasteiger partial charge on any atom is 0.107 e. The summed E-state index contributed by atoms with van der Waals surface area (Å²) in [5.41, 5.74) is 1.25. The average molecular weight is 245 g/mol. The lowest BCUT2D eigenvalue weighted by atomic mass is 10.1. The Balaban J connectivity index is 1.87. The van der Waals surface area contributed by atoms with Crippen molar-refractivity contribution in [1.82, 2.24) is 15.3 Å². The van der Waals surface area contributed by atoms with Crippen LogP contribution in [0, 0.1) is 0 Å². The van der Waals surface area contributed by atoms with Gasteiger partial charge in [0.15, 0.2) is 0 Å². The van der Waals surface area contributed by atoms with Crippen molar-refractivity contribution in [3.63, 3.8) is 0 Å². The Kier molecular flexibility index (Phi) is 4.93. The van der Waals surface area contributed by atoms with E-state index in [4.69, 9.17) is 4.74 Å². The molecule has 4 nitrogen and oxygen atoms in total. The van der Waals surface area contributed by atoms with Gasteiger partial charge in [-0.15, -0.1) is 0 Å². The van der Waals surface area contributed by atoms with Crippen molar-refractivity contribution in [2.45, 2.75) is 12.5 Å². The number of nitrogens with zero attached hydrogens (tertiary/aromatic N) is 1. The van der Waals surface area contributed by atoms with Crippen LogP contribution in [0.5, 0.6) is 0 Å².